The third-order valence-corrected chi connectivity index (χ3v) is 2.98. The summed E-state index contributed by atoms with van der Waals surface area (Å²) in [5, 5.41) is 3.55. The Bertz CT molecular complexity index is 114. The topological polar surface area (TPSA) is 38.0 Å². The Morgan fingerprint density at radius 3 is 2.75 bits per heavy atom. The van der Waals surface area contributed by atoms with Gasteiger partial charge in [0.05, 0.1) is 0 Å². The normalized spacial score (nSPS) is 30.5. The van der Waals surface area contributed by atoms with Gasteiger partial charge >= 0.3 is 0 Å². The van der Waals surface area contributed by atoms with E-state index in [1.165, 1.54) is 32.1 Å². The maximum absolute atomic E-state index is 5.47. The lowest BCUT2D eigenvalue weighted by Gasteiger charge is -2.31. The van der Waals surface area contributed by atoms with Crippen LogP contribution in [-0.4, -0.2) is 19.1 Å². The molecule has 0 aromatic carbocycles. The average Bonchev–Trinajstić information content (AvgIpc) is 2.15. The summed E-state index contributed by atoms with van der Waals surface area (Å²) in [6, 6.07) is 0.757. The van der Waals surface area contributed by atoms with Gasteiger partial charge in [-0.2, -0.15) is 0 Å². The first kappa shape index (κ1) is 10.0. The van der Waals surface area contributed by atoms with Gasteiger partial charge in [-0.05, 0) is 18.8 Å². The van der Waals surface area contributed by atoms with E-state index in [9.17, 15) is 0 Å². The monoisotopic (exact) mass is 170 g/mol. The quantitative estimate of drug-likeness (QED) is 0.671. The highest BCUT2D eigenvalue weighted by Gasteiger charge is 2.22. The van der Waals surface area contributed by atoms with Crippen LogP contribution in [0.15, 0.2) is 0 Å². The van der Waals surface area contributed by atoms with Crippen LogP contribution in [0.3, 0.4) is 0 Å². The zero-order valence-electron chi connectivity index (χ0n) is 8.18. The first-order valence-corrected chi connectivity index (χ1v) is 5.32. The van der Waals surface area contributed by atoms with Crippen LogP contribution in [0.25, 0.3) is 0 Å². The molecule has 0 aliphatic heterocycles. The summed E-state index contributed by atoms with van der Waals surface area (Å²) in [4.78, 5) is 0. The number of rotatable bonds is 4. The molecule has 0 radical (unpaired) electrons. The minimum Gasteiger partial charge on any atom is -0.329 e. The Kier molecular flexibility index (Phi) is 4.62. The molecule has 1 saturated carbocycles. The van der Waals surface area contributed by atoms with Crippen molar-refractivity contribution in [3.63, 3.8) is 0 Å². The predicted molar refractivity (Wildman–Crippen MR) is 53.1 cm³/mol. The van der Waals surface area contributed by atoms with E-state index >= 15 is 0 Å². The highest BCUT2D eigenvalue weighted by atomic mass is 14.9. The van der Waals surface area contributed by atoms with Crippen LogP contribution in [-0.2, 0) is 0 Å². The van der Waals surface area contributed by atoms with Gasteiger partial charge in [0.1, 0.15) is 0 Å². The highest BCUT2D eigenvalue weighted by Crippen LogP contribution is 2.26. The van der Waals surface area contributed by atoms with E-state index < -0.39 is 0 Å². The van der Waals surface area contributed by atoms with E-state index in [4.69, 9.17) is 5.73 Å². The van der Waals surface area contributed by atoms with E-state index in [1.54, 1.807) is 0 Å². The molecule has 1 rings (SSSR count). The first-order valence-electron chi connectivity index (χ1n) is 5.32. The molecule has 1 fully saturated rings. The Hall–Kier alpha value is -0.0800. The summed E-state index contributed by atoms with van der Waals surface area (Å²) in [6.45, 7) is 4.06. The number of nitrogens with two attached hydrogens (primary N) is 1. The molecule has 3 N–H and O–H groups in total. The Morgan fingerprint density at radius 2 is 2.08 bits per heavy atom. The summed E-state index contributed by atoms with van der Waals surface area (Å²) in [7, 11) is 0. The van der Waals surface area contributed by atoms with Gasteiger partial charge in [0.25, 0.3) is 0 Å². The molecule has 2 atom stereocenters. The van der Waals surface area contributed by atoms with E-state index in [0.717, 1.165) is 25.0 Å². The summed E-state index contributed by atoms with van der Waals surface area (Å²) >= 11 is 0. The second-order valence-electron chi connectivity index (χ2n) is 3.80. The predicted octanol–water partition coefficient (Wildman–Crippen LogP) is 1.50. The molecule has 0 spiro atoms. The van der Waals surface area contributed by atoms with Crippen LogP contribution in [0, 0.1) is 5.92 Å². The van der Waals surface area contributed by atoms with Gasteiger partial charge in [-0.15, -0.1) is 0 Å². The van der Waals surface area contributed by atoms with Crippen LogP contribution >= 0.6 is 0 Å². The molecule has 2 unspecified atom stereocenters. The van der Waals surface area contributed by atoms with E-state index in [0.29, 0.717) is 0 Å². The maximum Gasteiger partial charge on any atom is 0.00957 e. The van der Waals surface area contributed by atoms with Crippen molar-refractivity contribution in [3.8, 4) is 0 Å². The minimum absolute atomic E-state index is 0.757. The Morgan fingerprint density at radius 1 is 1.33 bits per heavy atom. The number of hydrogen-bond donors (Lipinski definition) is 2. The van der Waals surface area contributed by atoms with Crippen molar-refractivity contribution >= 4 is 0 Å². The molecule has 0 amide bonds. The van der Waals surface area contributed by atoms with Crippen molar-refractivity contribution in [2.75, 3.05) is 13.1 Å². The molecule has 72 valence electrons. The minimum atomic E-state index is 0.757. The molecule has 0 bridgehead atoms. The van der Waals surface area contributed by atoms with Crippen molar-refractivity contribution in [1.82, 2.24) is 5.32 Å². The van der Waals surface area contributed by atoms with E-state index in [1.807, 2.05) is 0 Å². The number of nitrogens with one attached hydrogen (secondary N) is 1. The Balaban J connectivity index is 2.26. The molecule has 2 nitrogen and oxygen atoms in total. The molecule has 12 heavy (non-hydrogen) atoms. The summed E-state index contributed by atoms with van der Waals surface area (Å²) < 4.78 is 0. The van der Waals surface area contributed by atoms with Crippen LogP contribution < -0.4 is 11.1 Å². The van der Waals surface area contributed by atoms with Gasteiger partial charge in [-0.25, -0.2) is 0 Å². The van der Waals surface area contributed by atoms with Crippen LogP contribution in [0.5, 0.6) is 0 Å². The van der Waals surface area contributed by atoms with Crippen molar-refractivity contribution in [2.24, 2.45) is 11.7 Å². The molecule has 0 aromatic heterocycles. The standard InChI is InChI=1S/C10H22N2/c1-2-9-5-3-4-6-10(9)12-8-7-11/h9-10,12H,2-8,11H2,1H3. The largest absolute Gasteiger partial charge is 0.329 e. The molecule has 1 aliphatic rings. The van der Waals surface area contributed by atoms with Crippen molar-refractivity contribution in [2.45, 2.75) is 45.1 Å². The van der Waals surface area contributed by atoms with Gasteiger partial charge < -0.3 is 11.1 Å². The molecule has 0 saturated heterocycles. The molecule has 0 aromatic rings. The molecule has 0 heterocycles. The van der Waals surface area contributed by atoms with Crippen molar-refractivity contribution in [1.29, 1.82) is 0 Å². The third kappa shape index (κ3) is 2.76. The van der Waals surface area contributed by atoms with Gasteiger partial charge in [0.15, 0.2) is 0 Å². The summed E-state index contributed by atoms with van der Waals surface area (Å²) in [6.07, 6.45) is 6.93. The van der Waals surface area contributed by atoms with Gasteiger partial charge in [-0.3, -0.25) is 0 Å². The molecular weight excluding hydrogens is 148 g/mol. The van der Waals surface area contributed by atoms with Crippen LogP contribution in [0.2, 0.25) is 0 Å². The fourth-order valence-electron chi connectivity index (χ4n) is 2.23. The smallest absolute Gasteiger partial charge is 0.00957 e. The average molecular weight is 170 g/mol. The molecular formula is C10H22N2. The van der Waals surface area contributed by atoms with Crippen LogP contribution in [0.1, 0.15) is 39.0 Å². The first-order chi connectivity index (χ1) is 5.88. The zero-order valence-corrected chi connectivity index (χ0v) is 8.18. The van der Waals surface area contributed by atoms with Crippen molar-refractivity contribution in [3.05, 3.63) is 0 Å². The second kappa shape index (κ2) is 5.55. The molecule has 1 aliphatic carbocycles. The lowest BCUT2D eigenvalue weighted by molar-refractivity contribution is 0.258. The van der Waals surface area contributed by atoms with E-state index in [2.05, 4.69) is 12.2 Å². The van der Waals surface area contributed by atoms with Gasteiger partial charge in [-0.1, -0.05) is 26.2 Å². The third-order valence-electron chi connectivity index (χ3n) is 2.98. The molecule has 2 heteroatoms. The summed E-state index contributed by atoms with van der Waals surface area (Å²) in [5.41, 5.74) is 5.47. The Labute approximate surface area is 75.9 Å². The second-order valence-corrected chi connectivity index (χ2v) is 3.80. The fraction of sp³-hybridized carbons (Fsp3) is 1.00. The highest BCUT2D eigenvalue weighted by molar-refractivity contribution is 4.79. The van der Waals surface area contributed by atoms with Gasteiger partial charge in [0, 0.05) is 19.1 Å². The fourth-order valence-corrected chi connectivity index (χ4v) is 2.23. The van der Waals surface area contributed by atoms with Crippen LogP contribution in [0.4, 0.5) is 0 Å². The SMILES string of the molecule is CCC1CCCCC1NCCN. The van der Waals surface area contributed by atoms with E-state index in [-0.39, 0.29) is 0 Å². The maximum atomic E-state index is 5.47. The number of hydrogen-bond acceptors (Lipinski definition) is 2. The lowest BCUT2D eigenvalue weighted by atomic mass is 9.83. The van der Waals surface area contributed by atoms with Crippen molar-refractivity contribution < 1.29 is 0 Å². The summed E-state index contributed by atoms with van der Waals surface area (Å²) in [5.74, 6) is 0.908. The van der Waals surface area contributed by atoms with Gasteiger partial charge in [0.2, 0.25) is 0 Å². The lowest BCUT2D eigenvalue weighted by Crippen LogP contribution is -2.40. The zero-order chi connectivity index (χ0) is 8.81.